The summed E-state index contributed by atoms with van der Waals surface area (Å²) >= 11 is 0. The van der Waals surface area contributed by atoms with Gasteiger partial charge in [-0.25, -0.2) is 0 Å². The van der Waals surface area contributed by atoms with Gasteiger partial charge in [-0.2, -0.15) is 0 Å². The average molecular weight is 377 g/mol. The number of methoxy groups -OCH3 is 1. The van der Waals surface area contributed by atoms with Crippen LogP contribution in [0, 0.1) is 13.8 Å². The zero-order valence-electron chi connectivity index (χ0n) is 17.0. The third kappa shape index (κ3) is 5.11. The molecule has 0 radical (unpaired) electrons. The monoisotopic (exact) mass is 376 g/mol. The summed E-state index contributed by atoms with van der Waals surface area (Å²) in [5.41, 5.74) is 6.17. The molecule has 0 aliphatic rings. The minimum absolute atomic E-state index is 0.199. The predicted molar refractivity (Wildman–Crippen MR) is 113 cm³/mol. The molecule has 3 aromatic rings. The Morgan fingerprint density at radius 2 is 1.68 bits per heavy atom. The van der Waals surface area contributed by atoms with Crippen LogP contribution in [0.1, 0.15) is 40.8 Å². The lowest BCUT2D eigenvalue weighted by molar-refractivity contribution is 0.284. The third-order valence-corrected chi connectivity index (χ3v) is 5.02. The summed E-state index contributed by atoms with van der Waals surface area (Å²) in [4.78, 5) is 4.03. The summed E-state index contributed by atoms with van der Waals surface area (Å²) < 4.78 is 11.5. The van der Waals surface area contributed by atoms with Gasteiger partial charge in [-0.1, -0.05) is 24.3 Å². The molecule has 146 valence electrons. The number of nitrogens with zero attached hydrogens (tertiary/aromatic N) is 1. The Kier molecular flexibility index (Phi) is 6.66. The molecule has 0 spiro atoms. The quantitative estimate of drug-likeness (QED) is 0.591. The Balaban J connectivity index is 1.63. The van der Waals surface area contributed by atoms with E-state index in [0.29, 0.717) is 6.61 Å². The van der Waals surface area contributed by atoms with Crippen LogP contribution in [0.3, 0.4) is 0 Å². The second-order valence-corrected chi connectivity index (χ2v) is 7.08. The Bertz CT molecular complexity index is 910. The molecule has 0 amide bonds. The van der Waals surface area contributed by atoms with Crippen molar-refractivity contribution >= 4 is 0 Å². The number of aromatic nitrogens is 1. The van der Waals surface area contributed by atoms with Gasteiger partial charge in [0.05, 0.1) is 7.11 Å². The Labute approximate surface area is 167 Å². The van der Waals surface area contributed by atoms with Gasteiger partial charge in [0, 0.05) is 25.0 Å². The third-order valence-electron chi connectivity index (χ3n) is 5.02. The van der Waals surface area contributed by atoms with Gasteiger partial charge in [0.1, 0.15) is 6.61 Å². The van der Waals surface area contributed by atoms with Crippen LogP contribution in [0.25, 0.3) is 0 Å². The molecule has 1 unspecified atom stereocenters. The molecular weight excluding hydrogens is 348 g/mol. The van der Waals surface area contributed by atoms with E-state index < -0.39 is 0 Å². The maximum atomic E-state index is 5.93. The minimum Gasteiger partial charge on any atom is -0.493 e. The van der Waals surface area contributed by atoms with Crippen molar-refractivity contribution in [3.8, 4) is 11.5 Å². The maximum Gasteiger partial charge on any atom is 0.161 e. The van der Waals surface area contributed by atoms with E-state index in [2.05, 4.69) is 55.3 Å². The van der Waals surface area contributed by atoms with Crippen molar-refractivity contribution in [1.82, 2.24) is 10.3 Å². The molecule has 1 N–H and O–H groups in total. The Morgan fingerprint density at radius 3 is 2.39 bits per heavy atom. The molecule has 1 atom stereocenters. The van der Waals surface area contributed by atoms with Gasteiger partial charge in [0.15, 0.2) is 11.5 Å². The smallest absolute Gasteiger partial charge is 0.161 e. The first-order chi connectivity index (χ1) is 13.6. The van der Waals surface area contributed by atoms with E-state index in [-0.39, 0.29) is 6.04 Å². The van der Waals surface area contributed by atoms with Gasteiger partial charge in [-0.3, -0.25) is 4.98 Å². The van der Waals surface area contributed by atoms with Crippen molar-refractivity contribution < 1.29 is 9.47 Å². The summed E-state index contributed by atoms with van der Waals surface area (Å²) in [6.45, 7) is 7.76. The van der Waals surface area contributed by atoms with Crippen LogP contribution in [-0.2, 0) is 13.2 Å². The molecule has 1 aromatic heterocycles. The van der Waals surface area contributed by atoms with Gasteiger partial charge in [0.25, 0.3) is 0 Å². The molecule has 4 heteroatoms. The van der Waals surface area contributed by atoms with Gasteiger partial charge in [-0.05, 0) is 72.9 Å². The molecule has 4 nitrogen and oxygen atoms in total. The topological polar surface area (TPSA) is 43.4 Å². The van der Waals surface area contributed by atoms with Crippen LogP contribution in [0.15, 0.2) is 60.9 Å². The van der Waals surface area contributed by atoms with E-state index in [0.717, 1.165) is 29.2 Å². The highest BCUT2D eigenvalue weighted by molar-refractivity contribution is 5.44. The molecule has 0 bridgehead atoms. The van der Waals surface area contributed by atoms with E-state index in [1.165, 1.54) is 16.7 Å². The highest BCUT2D eigenvalue weighted by atomic mass is 16.5. The maximum absolute atomic E-state index is 5.93. The summed E-state index contributed by atoms with van der Waals surface area (Å²) in [6.07, 6.45) is 3.53. The van der Waals surface area contributed by atoms with Crippen molar-refractivity contribution in [3.63, 3.8) is 0 Å². The standard InChI is InChI=1S/C24H28N2O2/c1-17-5-6-21(13-18(17)2)15-26-19(3)22-7-8-23(24(14-22)27-4)28-16-20-9-11-25-12-10-20/h5-14,19,26H,15-16H2,1-4H3. The van der Waals surface area contributed by atoms with E-state index in [1.807, 2.05) is 24.3 Å². The number of pyridine rings is 1. The number of aryl methyl sites for hydroxylation is 2. The van der Waals surface area contributed by atoms with Gasteiger partial charge in [-0.15, -0.1) is 0 Å². The number of hydrogen-bond donors (Lipinski definition) is 1. The van der Waals surface area contributed by atoms with E-state index in [4.69, 9.17) is 9.47 Å². The SMILES string of the molecule is COc1cc(C(C)NCc2ccc(C)c(C)c2)ccc1OCc1ccncc1. The van der Waals surface area contributed by atoms with Crippen LogP contribution >= 0.6 is 0 Å². The van der Waals surface area contributed by atoms with Gasteiger partial charge >= 0.3 is 0 Å². The van der Waals surface area contributed by atoms with Crippen LogP contribution in [0.5, 0.6) is 11.5 Å². The fourth-order valence-corrected chi connectivity index (χ4v) is 3.02. The van der Waals surface area contributed by atoms with Gasteiger partial charge in [0.2, 0.25) is 0 Å². The molecule has 0 aliphatic carbocycles. The Hall–Kier alpha value is -2.85. The molecule has 3 rings (SSSR count). The number of nitrogens with one attached hydrogen (secondary N) is 1. The first-order valence-electron chi connectivity index (χ1n) is 9.56. The molecule has 0 saturated heterocycles. The van der Waals surface area contributed by atoms with E-state index >= 15 is 0 Å². The molecule has 0 saturated carbocycles. The normalized spacial score (nSPS) is 11.9. The molecule has 1 heterocycles. The van der Waals surface area contributed by atoms with E-state index in [9.17, 15) is 0 Å². The average Bonchev–Trinajstić information content (AvgIpc) is 2.73. The number of benzene rings is 2. The largest absolute Gasteiger partial charge is 0.493 e. The zero-order chi connectivity index (χ0) is 19.9. The first kappa shape index (κ1) is 19.9. The highest BCUT2D eigenvalue weighted by Crippen LogP contribution is 2.31. The summed E-state index contributed by atoms with van der Waals surface area (Å²) in [5, 5.41) is 3.59. The molecular formula is C24H28N2O2. The number of hydrogen-bond acceptors (Lipinski definition) is 4. The lowest BCUT2D eigenvalue weighted by Crippen LogP contribution is -2.18. The summed E-state index contributed by atoms with van der Waals surface area (Å²) in [5.74, 6) is 1.48. The van der Waals surface area contributed by atoms with Crippen molar-refractivity contribution in [1.29, 1.82) is 0 Å². The molecule has 28 heavy (non-hydrogen) atoms. The van der Waals surface area contributed by atoms with Crippen LogP contribution in [0.4, 0.5) is 0 Å². The lowest BCUT2D eigenvalue weighted by atomic mass is 10.0. The van der Waals surface area contributed by atoms with Crippen molar-refractivity contribution in [2.75, 3.05) is 7.11 Å². The second kappa shape index (κ2) is 9.38. The van der Waals surface area contributed by atoms with Crippen LogP contribution < -0.4 is 14.8 Å². The summed E-state index contributed by atoms with van der Waals surface area (Å²) in [6, 6.07) is 16.8. The predicted octanol–water partition coefficient (Wildman–Crippen LogP) is 5.14. The van der Waals surface area contributed by atoms with Crippen molar-refractivity contribution in [2.45, 2.75) is 40.0 Å². The second-order valence-electron chi connectivity index (χ2n) is 7.08. The minimum atomic E-state index is 0.199. The number of rotatable bonds is 8. The molecule has 0 fully saturated rings. The fraction of sp³-hybridized carbons (Fsp3) is 0.292. The zero-order valence-corrected chi connectivity index (χ0v) is 17.0. The van der Waals surface area contributed by atoms with Crippen LogP contribution in [0.2, 0.25) is 0 Å². The van der Waals surface area contributed by atoms with Crippen molar-refractivity contribution in [3.05, 3.63) is 88.7 Å². The first-order valence-corrected chi connectivity index (χ1v) is 9.56. The molecule has 0 aliphatic heterocycles. The van der Waals surface area contributed by atoms with Crippen molar-refractivity contribution in [2.24, 2.45) is 0 Å². The summed E-state index contributed by atoms with van der Waals surface area (Å²) in [7, 11) is 1.67. The van der Waals surface area contributed by atoms with Crippen LogP contribution in [-0.4, -0.2) is 12.1 Å². The lowest BCUT2D eigenvalue weighted by Gasteiger charge is -2.18. The fourth-order valence-electron chi connectivity index (χ4n) is 3.02. The van der Waals surface area contributed by atoms with E-state index in [1.54, 1.807) is 19.5 Å². The Morgan fingerprint density at radius 1 is 0.893 bits per heavy atom. The number of ether oxygens (including phenoxy) is 2. The molecule has 2 aromatic carbocycles. The van der Waals surface area contributed by atoms with Gasteiger partial charge < -0.3 is 14.8 Å². The highest BCUT2D eigenvalue weighted by Gasteiger charge is 2.11.